The summed E-state index contributed by atoms with van der Waals surface area (Å²) in [4.78, 5) is 48.5. The van der Waals surface area contributed by atoms with Crippen molar-refractivity contribution in [2.45, 2.75) is 38.5 Å². The molecule has 4 aliphatic carbocycles. The summed E-state index contributed by atoms with van der Waals surface area (Å²) in [7, 11) is 0. The number of ether oxygens (including phenoxy) is 4. The molecule has 4 aliphatic rings. The second-order valence-corrected chi connectivity index (χ2v) is 9.71. The summed E-state index contributed by atoms with van der Waals surface area (Å²) in [6.07, 6.45) is 8.98. The highest BCUT2D eigenvalue weighted by atomic mass is 16.6. The molecule has 8 nitrogen and oxygen atoms in total. The van der Waals surface area contributed by atoms with Crippen LogP contribution in [0.4, 0.5) is 0 Å². The van der Waals surface area contributed by atoms with Crippen LogP contribution in [-0.4, -0.2) is 50.3 Å². The van der Waals surface area contributed by atoms with Crippen molar-refractivity contribution >= 4 is 23.9 Å². The van der Waals surface area contributed by atoms with Crippen molar-refractivity contribution in [3.63, 3.8) is 0 Å². The lowest BCUT2D eigenvalue weighted by Crippen LogP contribution is -2.52. The average molecular weight is 461 g/mol. The van der Waals surface area contributed by atoms with Gasteiger partial charge in [0, 0.05) is 18.2 Å². The highest BCUT2D eigenvalue weighted by Crippen LogP contribution is 2.60. The number of carbonyl (C=O) groups is 4. The Balaban J connectivity index is 1.75. The van der Waals surface area contributed by atoms with E-state index < -0.39 is 28.7 Å². The van der Waals surface area contributed by atoms with Gasteiger partial charge in [0.1, 0.15) is 31.8 Å². The van der Waals surface area contributed by atoms with Crippen LogP contribution in [0.2, 0.25) is 0 Å². The Labute approximate surface area is 194 Å². The topological polar surface area (TPSA) is 105 Å². The normalized spacial score (nSPS) is 27.2. The Kier molecular flexibility index (Phi) is 7.76. The van der Waals surface area contributed by atoms with Gasteiger partial charge >= 0.3 is 23.9 Å². The average Bonchev–Trinajstić information content (AvgIpc) is 2.81. The van der Waals surface area contributed by atoms with Crippen molar-refractivity contribution in [1.29, 1.82) is 0 Å². The van der Waals surface area contributed by atoms with E-state index in [4.69, 9.17) is 18.9 Å². The summed E-state index contributed by atoms with van der Waals surface area (Å²) < 4.78 is 21.4. The summed E-state index contributed by atoms with van der Waals surface area (Å²) in [5.74, 6) is -0.741. The van der Waals surface area contributed by atoms with E-state index in [1.807, 2.05) is 0 Å². The van der Waals surface area contributed by atoms with E-state index in [-0.39, 0.29) is 32.4 Å². The molecular weight excluding hydrogens is 428 g/mol. The Morgan fingerprint density at radius 3 is 1.33 bits per heavy atom. The number of rotatable bonds is 12. The van der Waals surface area contributed by atoms with E-state index in [1.165, 1.54) is 19.3 Å². The molecule has 0 spiro atoms. The van der Waals surface area contributed by atoms with Gasteiger partial charge in [-0.1, -0.05) is 19.7 Å². The van der Waals surface area contributed by atoms with Crippen LogP contribution in [-0.2, 0) is 38.1 Å². The van der Waals surface area contributed by atoms with Crippen LogP contribution >= 0.6 is 0 Å². The van der Waals surface area contributed by atoms with Crippen molar-refractivity contribution < 1.29 is 38.1 Å². The van der Waals surface area contributed by atoms with E-state index in [1.54, 1.807) is 0 Å². The molecule has 4 saturated carbocycles. The zero-order valence-electron chi connectivity index (χ0n) is 18.9. The van der Waals surface area contributed by atoms with Gasteiger partial charge in [-0.2, -0.15) is 0 Å². The second kappa shape index (κ2) is 10.4. The number of hydrogen-bond donors (Lipinski definition) is 0. The molecule has 4 fully saturated rings. The molecule has 180 valence electrons. The molecule has 0 N–H and O–H groups in total. The fourth-order valence-corrected chi connectivity index (χ4v) is 5.83. The van der Waals surface area contributed by atoms with E-state index in [9.17, 15) is 19.2 Å². The molecule has 4 rings (SSSR count). The predicted octanol–water partition coefficient (Wildman–Crippen LogP) is 2.92. The van der Waals surface area contributed by atoms with Crippen molar-refractivity contribution in [3.05, 3.63) is 38.0 Å². The minimum atomic E-state index is -1.30. The number of esters is 4. The third kappa shape index (κ3) is 5.92. The molecule has 0 amide bonds. The number of hydrogen-bond acceptors (Lipinski definition) is 8. The first-order valence-electron chi connectivity index (χ1n) is 11.3. The first-order valence-corrected chi connectivity index (χ1v) is 11.3. The van der Waals surface area contributed by atoms with Crippen molar-refractivity contribution in [1.82, 2.24) is 0 Å². The van der Waals surface area contributed by atoms with Gasteiger partial charge in [0.05, 0.1) is 5.41 Å². The van der Waals surface area contributed by atoms with E-state index in [2.05, 4.69) is 19.7 Å². The first kappa shape index (κ1) is 24.7. The molecule has 0 aliphatic heterocycles. The fourth-order valence-electron chi connectivity index (χ4n) is 5.83. The van der Waals surface area contributed by atoms with Gasteiger partial charge in [-0.3, -0.25) is 4.79 Å². The van der Waals surface area contributed by atoms with Gasteiger partial charge in [-0.05, 0) is 56.3 Å². The lowest BCUT2D eigenvalue weighted by Gasteiger charge is -2.55. The third-order valence-electron chi connectivity index (χ3n) is 7.04. The summed E-state index contributed by atoms with van der Waals surface area (Å²) in [5, 5.41) is 0. The highest BCUT2D eigenvalue weighted by molar-refractivity contribution is 5.82. The summed E-state index contributed by atoms with van der Waals surface area (Å²) in [6.45, 7) is 8.87. The largest absolute Gasteiger partial charge is 0.464 e. The van der Waals surface area contributed by atoms with Gasteiger partial charge in [0.2, 0.25) is 0 Å². The minimum Gasteiger partial charge on any atom is -0.464 e. The minimum absolute atomic E-state index is 0.257. The van der Waals surface area contributed by atoms with E-state index >= 15 is 0 Å². The van der Waals surface area contributed by atoms with Crippen LogP contribution in [0, 0.1) is 28.6 Å². The van der Waals surface area contributed by atoms with Gasteiger partial charge in [0.15, 0.2) is 0 Å². The molecule has 0 saturated heterocycles. The van der Waals surface area contributed by atoms with Crippen molar-refractivity contribution in [2.24, 2.45) is 28.6 Å². The fraction of sp³-hybridized carbons (Fsp3) is 0.600. The van der Waals surface area contributed by atoms with Crippen LogP contribution in [0.15, 0.2) is 38.0 Å². The predicted molar refractivity (Wildman–Crippen MR) is 117 cm³/mol. The Morgan fingerprint density at radius 1 is 0.667 bits per heavy atom. The molecule has 0 aromatic heterocycles. The SMILES string of the molecule is C=CC(=O)OCC(COC(=O)C=C)(COC(=O)C=C)COC(=O)C12CC3CC(CC(C3)C1)C2. The third-order valence-corrected chi connectivity index (χ3v) is 7.04. The maximum absolute atomic E-state index is 13.3. The Bertz CT molecular complexity index is 731. The monoisotopic (exact) mass is 460 g/mol. The molecule has 33 heavy (non-hydrogen) atoms. The Hall–Kier alpha value is -2.90. The zero-order valence-corrected chi connectivity index (χ0v) is 18.9. The zero-order chi connectivity index (χ0) is 24.1. The van der Waals surface area contributed by atoms with Crippen LogP contribution in [0.3, 0.4) is 0 Å². The molecule has 0 radical (unpaired) electrons. The lowest BCUT2D eigenvalue weighted by atomic mass is 9.49. The first-order chi connectivity index (χ1) is 15.7. The van der Waals surface area contributed by atoms with Gasteiger partial charge in [-0.25, -0.2) is 14.4 Å². The summed E-state index contributed by atoms with van der Waals surface area (Å²) in [6, 6.07) is 0. The van der Waals surface area contributed by atoms with Gasteiger partial charge < -0.3 is 18.9 Å². The molecule has 0 aromatic rings. The van der Waals surface area contributed by atoms with Crippen LogP contribution in [0.5, 0.6) is 0 Å². The maximum Gasteiger partial charge on any atom is 0.330 e. The maximum atomic E-state index is 13.3. The molecule has 4 bridgehead atoms. The summed E-state index contributed by atoms with van der Waals surface area (Å²) in [5.41, 5.74) is -1.79. The summed E-state index contributed by atoms with van der Waals surface area (Å²) >= 11 is 0. The molecule has 0 atom stereocenters. The highest BCUT2D eigenvalue weighted by Gasteiger charge is 2.56. The molecule has 0 unspecified atom stereocenters. The smallest absolute Gasteiger partial charge is 0.330 e. The molecule has 0 aromatic carbocycles. The van der Waals surface area contributed by atoms with E-state index in [0.717, 1.165) is 37.5 Å². The van der Waals surface area contributed by atoms with Crippen LogP contribution < -0.4 is 0 Å². The number of carbonyl (C=O) groups excluding carboxylic acids is 4. The van der Waals surface area contributed by atoms with Crippen molar-refractivity contribution in [2.75, 3.05) is 26.4 Å². The van der Waals surface area contributed by atoms with Crippen LogP contribution in [0.1, 0.15) is 38.5 Å². The Morgan fingerprint density at radius 2 is 1.00 bits per heavy atom. The molecule has 8 heteroatoms. The molecular formula is C25H32O8. The van der Waals surface area contributed by atoms with Crippen LogP contribution in [0.25, 0.3) is 0 Å². The molecule has 0 heterocycles. The van der Waals surface area contributed by atoms with Crippen molar-refractivity contribution in [3.8, 4) is 0 Å². The van der Waals surface area contributed by atoms with E-state index in [0.29, 0.717) is 17.8 Å². The van der Waals surface area contributed by atoms with Gasteiger partial charge in [0.25, 0.3) is 0 Å². The quantitative estimate of drug-likeness (QED) is 0.249. The lowest BCUT2D eigenvalue weighted by molar-refractivity contribution is -0.182. The second-order valence-electron chi connectivity index (χ2n) is 9.71. The standard InChI is InChI=1S/C25H32O8/c1-4-20(26)30-13-24(14-31-21(27)5-2,15-32-22(28)6-3)16-33-23(29)25-10-17-7-18(11-25)9-19(8-17)12-25/h4-6,17-19H,1-3,7-16H2. The van der Waals surface area contributed by atoms with Gasteiger partial charge in [-0.15, -0.1) is 0 Å².